The molecular formula is C22H25N5O3S. The molecule has 2 amide bonds. The molecule has 9 heteroatoms. The summed E-state index contributed by atoms with van der Waals surface area (Å²) in [6.07, 6.45) is 0. The molecule has 162 valence electrons. The molecule has 0 unspecified atom stereocenters. The zero-order valence-corrected chi connectivity index (χ0v) is 18.5. The summed E-state index contributed by atoms with van der Waals surface area (Å²) in [6, 6.07) is 14.7. The SMILES string of the molecule is CCOc1ccc(C(=O)NNC(=O)CSc2nnc(-c3ccccc3C)n2CC)cc1. The van der Waals surface area contributed by atoms with E-state index in [1.54, 1.807) is 24.3 Å². The Hall–Kier alpha value is -3.33. The lowest BCUT2D eigenvalue weighted by molar-refractivity contribution is -0.119. The van der Waals surface area contributed by atoms with Gasteiger partial charge in [0.1, 0.15) is 5.75 Å². The van der Waals surface area contributed by atoms with Crippen LogP contribution in [-0.4, -0.2) is 38.9 Å². The van der Waals surface area contributed by atoms with Crippen LogP contribution in [0.3, 0.4) is 0 Å². The molecule has 2 aromatic carbocycles. The predicted molar refractivity (Wildman–Crippen MR) is 120 cm³/mol. The van der Waals surface area contributed by atoms with Gasteiger partial charge < -0.3 is 9.30 Å². The Kier molecular flexibility index (Phi) is 7.66. The highest BCUT2D eigenvalue weighted by atomic mass is 32.2. The lowest BCUT2D eigenvalue weighted by Crippen LogP contribution is -2.42. The van der Waals surface area contributed by atoms with Crippen LogP contribution in [0.2, 0.25) is 0 Å². The summed E-state index contributed by atoms with van der Waals surface area (Å²) in [6.45, 7) is 7.15. The maximum atomic E-state index is 12.2. The second-order valence-corrected chi connectivity index (χ2v) is 7.56. The summed E-state index contributed by atoms with van der Waals surface area (Å²) in [5.41, 5.74) is 7.38. The molecule has 3 aromatic rings. The van der Waals surface area contributed by atoms with Crippen molar-refractivity contribution < 1.29 is 14.3 Å². The fourth-order valence-corrected chi connectivity index (χ4v) is 3.74. The number of nitrogens with zero attached hydrogens (tertiary/aromatic N) is 3. The normalized spacial score (nSPS) is 10.5. The topological polar surface area (TPSA) is 98.1 Å². The van der Waals surface area contributed by atoms with Gasteiger partial charge in [0.15, 0.2) is 11.0 Å². The van der Waals surface area contributed by atoms with Gasteiger partial charge in [-0.15, -0.1) is 10.2 Å². The van der Waals surface area contributed by atoms with E-state index >= 15 is 0 Å². The summed E-state index contributed by atoms with van der Waals surface area (Å²) in [4.78, 5) is 24.4. The Morgan fingerprint density at radius 2 is 1.77 bits per heavy atom. The number of benzene rings is 2. The van der Waals surface area contributed by atoms with Crippen molar-refractivity contribution in [1.29, 1.82) is 0 Å². The predicted octanol–water partition coefficient (Wildman–Crippen LogP) is 3.23. The minimum Gasteiger partial charge on any atom is -0.494 e. The minimum absolute atomic E-state index is 0.0927. The van der Waals surface area contributed by atoms with Gasteiger partial charge in [-0.05, 0) is 50.6 Å². The Morgan fingerprint density at radius 1 is 1.03 bits per heavy atom. The van der Waals surface area contributed by atoms with Gasteiger partial charge in [0, 0.05) is 17.7 Å². The molecule has 0 aliphatic heterocycles. The molecule has 1 aromatic heterocycles. The number of ether oxygens (including phenoxy) is 1. The molecule has 31 heavy (non-hydrogen) atoms. The van der Waals surface area contributed by atoms with Crippen LogP contribution in [0.4, 0.5) is 0 Å². The third-order valence-corrected chi connectivity index (χ3v) is 5.46. The molecule has 0 saturated heterocycles. The van der Waals surface area contributed by atoms with Crippen molar-refractivity contribution in [3.8, 4) is 17.1 Å². The summed E-state index contributed by atoms with van der Waals surface area (Å²) in [7, 11) is 0. The first-order valence-electron chi connectivity index (χ1n) is 9.97. The molecule has 0 aliphatic carbocycles. The number of aryl methyl sites for hydroxylation is 1. The van der Waals surface area contributed by atoms with Crippen LogP contribution >= 0.6 is 11.8 Å². The van der Waals surface area contributed by atoms with E-state index in [-0.39, 0.29) is 11.7 Å². The Bertz CT molecular complexity index is 1050. The van der Waals surface area contributed by atoms with E-state index in [1.165, 1.54) is 11.8 Å². The fourth-order valence-electron chi connectivity index (χ4n) is 2.94. The highest BCUT2D eigenvalue weighted by molar-refractivity contribution is 7.99. The molecule has 0 radical (unpaired) electrons. The Labute approximate surface area is 185 Å². The number of aromatic nitrogens is 3. The van der Waals surface area contributed by atoms with Crippen LogP contribution in [0.15, 0.2) is 53.7 Å². The van der Waals surface area contributed by atoms with Gasteiger partial charge in [-0.3, -0.25) is 20.4 Å². The van der Waals surface area contributed by atoms with Crippen molar-refractivity contribution in [3.63, 3.8) is 0 Å². The number of carbonyl (C=O) groups is 2. The zero-order valence-electron chi connectivity index (χ0n) is 17.7. The van der Waals surface area contributed by atoms with E-state index in [2.05, 4.69) is 21.0 Å². The van der Waals surface area contributed by atoms with Gasteiger partial charge in [0.2, 0.25) is 5.91 Å². The van der Waals surface area contributed by atoms with E-state index in [9.17, 15) is 9.59 Å². The lowest BCUT2D eigenvalue weighted by Gasteiger charge is -2.10. The molecule has 0 fully saturated rings. The van der Waals surface area contributed by atoms with Crippen molar-refractivity contribution in [1.82, 2.24) is 25.6 Å². The summed E-state index contributed by atoms with van der Waals surface area (Å²) in [5, 5.41) is 9.20. The average molecular weight is 440 g/mol. The molecule has 0 aliphatic rings. The second kappa shape index (κ2) is 10.6. The van der Waals surface area contributed by atoms with Crippen LogP contribution in [0.5, 0.6) is 5.75 Å². The number of nitrogens with one attached hydrogen (secondary N) is 2. The fraction of sp³-hybridized carbons (Fsp3) is 0.273. The maximum Gasteiger partial charge on any atom is 0.269 e. The van der Waals surface area contributed by atoms with Crippen LogP contribution in [0.1, 0.15) is 29.8 Å². The summed E-state index contributed by atoms with van der Waals surface area (Å²) >= 11 is 1.27. The first kappa shape index (κ1) is 22.4. The van der Waals surface area contributed by atoms with Crippen molar-refractivity contribution in [3.05, 3.63) is 59.7 Å². The van der Waals surface area contributed by atoms with E-state index in [0.29, 0.717) is 29.6 Å². The maximum absolute atomic E-state index is 12.2. The van der Waals surface area contributed by atoms with Crippen LogP contribution in [0.25, 0.3) is 11.4 Å². The van der Waals surface area contributed by atoms with Gasteiger partial charge >= 0.3 is 0 Å². The van der Waals surface area contributed by atoms with Gasteiger partial charge in [-0.25, -0.2) is 0 Å². The lowest BCUT2D eigenvalue weighted by atomic mass is 10.1. The number of carbonyl (C=O) groups excluding carboxylic acids is 2. The van der Waals surface area contributed by atoms with E-state index in [1.807, 2.05) is 49.6 Å². The number of hydrogen-bond acceptors (Lipinski definition) is 6. The Balaban J connectivity index is 1.55. The van der Waals surface area contributed by atoms with E-state index in [0.717, 1.165) is 17.0 Å². The van der Waals surface area contributed by atoms with E-state index in [4.69, 9.17) is 4.74 Å². The molecule has 0 bridgehead atoms. The highest BCUT2D eigenvalue weighted by Gasteiger charge is 2.16. The molecule has 1 heterocycles. The number of hydrazine groups is 1. The molecule has 0 atom stereocenters. The quantitative estimate of drug-likeness (QED) is 0.413. The number of hydrogen-bond donors (Lipinski definition) is 2. The van der Waals surface area contributed by atoms with Crippen molar-refractivity contribution in [2.24, 2.45) is 0 Å². The molecule has 0 saturated carbocycles. The molecular weight excluding hydrogens is 414 g/mol. The molecule has 3 rings (SSSR count). The summed E-state index contributed by atoms with van der Waals surface area (Å²) < 4.78 is 7.32. The van der Waals surface area contributed by atoms with Gasteiger partial charge in [-0.1, -0.05) is 36.0 Å². The van der Waals surface area contributed by atoms with Crippen molar-refractivity contribution >= 4 is 23.6 Å². The van der Waals surface area contributed by atoms with E-state index < -0.39 is 5.91 Å². The van der Waals surface area contributed by atoms with Crippen LogP contribution < -0.4 is 15.6 Å². The van der Waals surface area contributed by atoms with Crippen LogP contribution in [-0.2, 0) is 11.3 Å². The smallest absolute Gasteiger partial charge is 0.269 e. The van der Waals surface area contributed by atoms with Crippen LogP contribution in [0, 0.1) is 6.92 Å². The minimum atomic E-state index is -0.403. The monoisotopic (exact) mass is 439 g/mol. The largest absolute Gasteiger partial charge is 0.494 e. The molecule has 2 N–H and O–H groups in total. The third kappa shape index (κ3) is 5.64. The van der Waals surface area contributed by atoms with Crippen molar-refractivity contribution in [2.45, 2.75) is 32.5 Å². The number of thioether (sulfide) groups is 1. The second-order valence-electron chi connectivity index (χ2n) is 6.61. The number of amides is 2. The van der Waals surface area contributed by atoms with Gasteiger partial charge in [0.25, 0.3) is 5.91 Å². The standard InChI is InChI=1S/C22H25N5O3S/c1-4-27-20(18-9-7-6-8-15(18)3)24-26-22(27)31-14-19(28)23-25-21(29)16-10-12-17(13-11-16)30-5-2/h6-13H,4-5,14H2,1-3H3,(H,23,28)(H,25,29). The highest BCUT2D eigenvalue weighted by Crippen LogP contribution is 2.26. The number of rotatable bonds is 8. The third-order valence-electron chi connectivity index (χ3n) is 4.49. The Morgan fingerprint density at radius 3 is 2.45 bits per heavy atom. The zero-order chi connectivity index (χ0) is 22.2. The van der Waals surface area contributed by atoms with Crippen molar-refractivity contribution in [2.75, 3.05) is 12.4 Å². The van der Waals surface area contributed by atoms with Gasteiger partial charge in [0.05, 0.1) is 12.4 Å². The first-order valence-corrected chi connectivity index (χ1v) is 11.0. The van der Waals surface area contributed by atoms with Gasteiger partial charge in [-0.2, -0.15) is 0 Å². The first-order chi connectivity index (χ1) is 15.0. The molecule has 0 spiro atoms. The summed E-state index contributed by atoms with van der Waals surface area (Å²) in [5.74, 6) is 0.805. The average Bonchev–Trinajstić information content (AvgIpc) is 3.19. The molecule has 8 nitrogen and oxygen atoms in total.